The minimum absolute atomic E-state index is 0.202. The fourth-order valence-corrected chi connectivity index (χ4v) is 1.91. The molecule has 0 saturated carbocycles. The Bertz CT molecular complexity index is 408. The summed E-state index contributed by atoms with van der Waals surface area (Å²) in [6, 6.07) is 3.54. The van der Waals surface area contributed by atoms with Crippen LogP contribution in [0.1, 0.15) is 17.2 Å². The summed E-state index contributed by atoms with van der Waals surface area (Å²) < 4.78 is 10.5. The summed E-state index contributed by atoms with van der Waals surface area (Å²) in [5.74, 6) is 1.29. The Morgan fingerprint density at radius 2 is 1.94 bits per heavy atom. The lowest BCUT2D eigenvalue weighted by molar-refractivity contribution is 0.0198. The maximum absolute atomic E-state index is 10.0. The molecule has 17 heavy (non-hydrogen) atoms. The van der Waals surface area contributed by atoms with E-state index in [2.05, 4.69) is 5.32 Å². The van der Waals surface area contributed by atoms with Gasteiger partial charge in [-0.25, -0.2) is 0 Å². The van der Waals surface area contributed by atoms with Crippen LogP contribution in [0.5, 0.6) is 11.5 Å². The van der Waals surface area contributed by atoms with Gasteiger partial charge < -0.3 is 25.0 Å². The first-order valence-corrected chi connectivity index (χ1v) is 5.54. The minimum atomic E-state index is -0.933. The van der Waals surface area contributed by atoms with Crippen molar-refractivity contribution in [3.05, 3.63) is 23.3 Å². The van der Waals surface area contributed by atoms with Crippen LogP contribution in [-0.4, -0.2) is 36.7 Å². The lowest BCUT2D eigenvalue weighted by Gasteiger charge is -2.20. The largest absolute Gasteiger partial charge is 0.454 e. The Labute approximate surface area is 100.0 Å². The molecule has 0 radical (unpaired) electrons. The SMILES string of the molecule is CNCC(O)C(O)c1cc2c(cc1C)OCO2. The molecule has 2 rings (SSSR count). The molecule has 1 aromatic rings. The zero-order valence-corrected chi connectivity index (χ0v) is 9.93. The van der Waals surface area contributed by atoms with E-state index in [1.807, 2.05) is 13.0 Å². The van der Waals surface area contributed by atoms with Crippen molar-refractivity contribution in [2.75, 3.05) is 20.4 Å². The first kappa shape index (κ1) is 12.2. The average Bonchev–Trinajstić information content (AvgIpc) is 2.74. The molecule has 0 amide bonds. The van der Waals surface area contributed by atoms with Gasteiger partial charge in [-0.05, 0) is 37.2 Å². The highest BCUT2D eigenvalue weighted by Gasteiger charge is 2.23. The van der Waals surface area contributed by atoms with E-state index < -0.39 is 12.2 Å². The van der Waals surface area contributed by atoms with Crippen molar-refractivity contribution in [3.63, 3.8) is 0 Å². The van der Waals surface area contributed by atoms with E-state index >= 15 is 0 Å². The quantitative estimate of drug-likeness (QED) is 0.706. The number of aliphatic hydroxyl groups is 2. The summed E-state index contributed by atoms with van der Waals surface area (Å²) in [4.78, 5) is 0. The molecule has 2 atom stereocenters. The van der Waals surface area contributed by atoms with Crippen LogP contribution in [0.15, 0.2) is 12.1 Å². The molecule has 0 fully saturated rings. The topological polar surface area (TPSA) is 71.0 Å². The highest BCUT2D eigenvalue weighted by Crippen LogP contribution is 2.37. The Kier molecular flexibility index (Phi) is 3.51. The normalized spacial score (nSPS) is 16.9. The molecule has 0 aromatic heterocycles. The molecular weight excluding hydrogens is 222 g/mol. The van der Waals surface area contributed by atoms with Crippen LogP contribution in [0, 0.1) is 6.92 Å². The average molecular weight is 239 g/mol. The molecule has 1 heterocycles. The van der Waals surface area contributed by atoms with Gasteiger partial charge >= 0.3 is 0 Å². The van der Waals surface area contributed by atoms with E-state index in [4.69, 9.17) is 9.47 Å². The third-order valence-corrected chi connectivity index (χ3v) is 2.86. The summed E-state index contributed by atoms with van der Waals surface area (Å²) >= 11 is 0. The lowest BCUT2D eigenvalue weighted by Crippen LogP contribution is -2.29. The van der Waals surface area contributed by atoms with Crippen molar-refractivity contribution in [1.29, 1.82) is 0 Å². The number of ether oxygens (including phenoxy) is 2. The fraction of sp³-hybridized carbons (Fsp3) is 0.500. The highest BCUT2D eigenvalue weighted by molar-refractivity contribution is 5.49. The number of hydrogen-bond acceptors (Lipinski definition) is 5. The molecule has 1 aliphatic heterocycles. The van der Waals surface area contributed by atoms with Gasteiger partial charge in [0.25, 0.3) is 0 Å². The van der Waals surface area contributed by atoms with Crippen molar-refractivity contribution in [2.24, 2.45) is 0 Å². The Morgan fingerprint density at radius 1 is 1.29 bits per heavy atom. The second-order valence-corrected chi connectivity index (χ2v) is 4.13. The summed E-state index contributed by atoms with van der Waals surface area (Å²) in [5.41, 5.74) is 1.54. The molecule has 0 spiro atoms. The van der Waals surface area contributed by atoms with Crippen LogP contribution in [0.4, 0.5) is 0 Å². The number of likely N-dealkylation sites (N-methyl/N-ethyl adjacent to an activating group) is 1. The van der Waals surface area contributed by atoms with E-state index in [0.29, 0.717) is 23.6 Å². The summed E-state index contributed by atoms with van der Waals surface area (Å²) in [6.07, 6.45) is -1.78. The molecule has 5 heteroatoms. The van der Waals surface area contributed by atoms with Gasteiger partial charge in [0.15, 0.2) is 11.5 Å². The van der Waals surface area contributed by atoms with Crippen molar-refractivity contribution in [2.45, 2.75) is 19.1 Å². The lowest BCUT2D eigenvalue weighted by atomic mass is 9.98. The molecule has 2 unspecified atom stereocenters. The number of rotatable bonds is 4. The zero-order chi connectivity index (χ0) is 12.4. The monoisotopic (exact) mass is 239 g/mol. The van der Waals surface area contributed by atoms with Gasteiger partial charge in [0.2, 0.25) is 6.79 Å². The molecule has 0 aliphatic carbocycles. The molecule has 3 N–H and O–H groups in total. The van der Waals surface area contributed by atoms with Crippen LogP contribution in [-0.2, 0) is 0 Å². The smallest absolute Gasteiger partial charge is 0.231 e. The van der Waals surface area contributed by atoms with Crippen LogP contribution in [0.25, 0.3) is 0 Å². The van der Waals surface area contributed by atoms with E-state index in [9.17, 15) is 10.2 Å². The predicted octanol–water partition coefficient (Wildman–Crippen LogP) is 0.337. The van der Waals surface area contributed by atoms with Gasteiger partial charge in [0.05, 0.1) is 6.10 Å². The molecule has 0 bridgehead atoms. The van der Waals surface area contributed by atoms with Crippen molar-refractivity contribution < 1.29 is 19.7 Å². The number of aliphatic hydroxyl groups excluding tert-OH is 2. The maximum atomic E-state index is 10.0. The van der Waals surface area contributed by atoms with Crippen LogP contribution in [0.3, 0.4) is 0 Å². The minimum Gasteiger partial charge on any atom is -0.454 e. The zero-order valence-electron chi connectivity index (χ0n) is 9.93. The Balaban J connectivity index is 2.26. The number of nitrogens with one attached hydrogen (secondary N) is 1. The van der Waals surface area contributed by atoms with Gasteiger partial charge in [0.1, 0.15) is 6.10 Å². The van der Waals surface area contributed by atoms with Crippen LogP contribution < -0.4 is 14.8 Å². The third-order valence-electron chi connectivity index (χ3n) is 2.86. The van der Waals surface area contributed by atoms with E-state index in [0.717, 1.165) is 5.56 Å². The Morgan fingerprint density at radius 3 is 2.59 bits per heavy atom. The third kappa shape index (κ3) is 2.36. The van der Waals surface area contributed by atoms with Crippen molar-refractivity contribution >= 4 is 0 Å². The molecule has 1 aliphatic rings. The van der Waals surface area contributed by atoms with Gasteiger partial charge in [-0.15, -0.1) is 0 Å². The number of fused-ring (bicyclic) bond motifs is 1. The fourth-order valence-electron chi connectivity index (χ4n) is 1.91. The van der Waals surface area contributed by atoms with Gasteiger partial charge in [-0.3, -0.25) is 0 Å². The summed E-state index contributed by atoms with van der Waals surface area (Å²) in [7, 11) is 1.72. The molecule has 1 aromatic carbocycles. The standard InChI is InChI=1S/C12H17NO4/c1-7-3-10-11(17-6-16-10)4-8(7)12(15)9(14)5-13-2/h3-4,9,12-15H,5-6H2,1-2H3. The van der Waals surface area contributed by atoms with Crippen molar-refractivity contribution in [3.8, 4) is 11.5 Å². The first-order chi connectivity index (χ1) is 8.13. The molecule has 0 saturated heterocycles. The van der Waals surface area contributed by atoms with Crippen LogP contribution >= 0.6 is 0 Å². The van der Waals surface area contributed by atoms with E-state index in [1.165, 1.54) is 0 Å². The van der Waals surface area contributed by atoms with Crippen molar-refractivity contribution in [1.82, 2.24) is 5.32 Å². The van der Waals surface area contributed by atoms with Gasteiger partial charge in [-0.2, -0.15) is 0 Å². The number of aryl methyl sites for hydroxylation is 1. The number of hydrogen-bond donors (Lipinski definition) is 3. The number of benzene rings is 1. The second kappa shape index (κ2) is 4.91. The van der Waals surface area contributed by atoms with Gasteiger partial charge in [-0.1, -0.05) is 0 Å². The predicted molar refractivity (Wildman–Crippen MR) is 62.2 cm³/mol. The van der Waals surface area contributed by atoms with E-state index in [-0.39, 0.29) is 6.79 Å². The Hall–Kier alpha value is -1.30. The van der Waals surface area contributed by atoms with Gasteiger partial charge in [0, 0.05) is 6.54 Å². The van der Waals surface area contributed by atoms with Crippen LogP contribution in [0.2, 0.25) is 0 Å². The molecule has 94 valence electrons. The first-order valence-electron chi connectivity index (χ1n) is 5.54. The maximum Gasteiger partial charge on any atom is 0.231 e. The molecular formula is C12H17NO4. The summed E-state index contributed by atoms with van der Waals surface area (Å²) in [6.45, 7) is 2.40. The second-order valence-electron chi connectivity index (χ2n) is 4.13. The molecule has 5 nitrogen and oxygen atoms in total. The van der Waals surface area contributed by atoms with E-state index in [1.54, 1.807) is 13.1 Å². The summed E-state index contributed by atoms with van der Waals surface area (Å²) in [5, 5.41) is 22.6. The highest BCUT2D eigenvalue weighted by atomic mass is 16.7.